The topological polar surface area (TPSA) is 53.3 Å². The maximum absolute atomic E-state index is 11.0. The molecule has 0 radical (unpaired) electrons. The Hall–Kier alpha value is -2.30. The van der Waals surface area contributed by atoms with E-state index in [0.29, 0.717) is 17.1 Å². The molecule has 5 nitrogen and oxygen atoms in total. The zero-order valence-electron chi connectivity index (χ0n) is 10.5. The second kappa shape index (κ2) is 4.91. The fraction of sp³-hybridized carbons (Fsp3) is 0.231. The Bertz CT molecular complexity index is 576. The molecule has 1 aromatic heterocycles. The highest BCUT2D eigenvalue weighted by Gasteiger charge is 2.13. The number of ether oxygens (including phenoxy) is 2. The van der Waals surface area contributed by atoms with Crippen molar-refractivity contribution in [2.24, 2.45) is 7.05 Å². The summed E-state index contributed by atoms with van der Waals surface area (Å²) in [4.78, 5) is 11.0. The van der Waals surface area contributed by atoms with E-state index in [1.54, 1.807) is 38.2 Å². The number of methoxy groups -OCH3 is 2. The van der Waals surface area contributed by atoms with Crippen molar-refractivity contribution >= 4 is 6.29 Å². The van der Waals surface area contributed by atoms with E-state index in [2.05, 4.69) is 5.10 Å². The minimum Gasteiger partial charge on any atom is -0.493 e. The van der Waals surface area contributed by atoms with Gasteiger partial charge in [0.25, 0.3) is 0 Å². The Morgan fingerprint density at radius 1 is 1.22 bits per heavy atom. The molecule has 2 aromatic rings. The predicted octanol–water partition coefficient (Wildman–Crippen LogP) is 1.92. The van der Waals surface area contributed by atoms with Crippen LogP contribution in [-0.4, -0.2) is 30.3 Å². The van der Waals surface area contributed by atoms with E-state index < -0.39 is 0 Å². The number of aryl methyl sites for hydroxylation is 1. The standard InChI is InChI=1S/C13H14N2O3/c1-15-13(10(8-16)7-14-15)9-4-5-11(17-2)12(6-9)18-3/h4-8H,1-3H3. The minimum absolute atomic E-state index is 0.546. The van der Waals surface area contributed by atoms with Gasteiger partial charge in [0.15, 0.2) is 17.8 Å². The lowest BCUT2D eigenvalue weighted by molar-refractivity contribution is 0.112. The Morgan fingerprint density at radius 3 is 2.56 bits per heavy atom. The van der Waals surface area contributed by atoms with Crippen molar-refractivity contribution in [3.05, 3.63) is 30.0 Å². The van der Waals surface area contributed by atoms with E-state index in [9.17, 15) is 4.79 Å². The monoisotopic (exact) mass is 246 g/mol. The van der Waals surface area contributed by atoms with Gasteiger partial charge in [-0.15, -0.1) is 0 Å². The number of rotatable bonds is 4. The summed E-state index contributed by atoms with van der Waals surface area (Å²) in [5.74, 6) is 1.27. The number of carbonyl (C=O) groups excluding carboxylic acids is 1. The molecule has 1 aromatic carbocycles. The van der Waals surface area contributed by atoms with Gasteiger partial charge < -0.3 is 9.47 Å². The molecule has 0 bridgehead atoms. The van der Waals surface area contributed by atoms with Crippen molar-refractivity contribution in [1.82, 2.24) is 9.78 Å². The van der Waals surface area contributed by atoms with Crippen LogP contribution in [0.2, 0.25) is 0 Å². The number of aldehydes is 1. The third kappa shape index (κ3) is 1.95. The molecule has 0 N–H and O–H groups in total. The van der Waals surface area contributed by atoms with Crippen molar-refractivity contribution in [2.75, 3.05) is 14.2 Å². The maximum atomic E-state index is 11.0. The van der Waals surface area contributed by atoms with Crippen molar-refractivity contribution in [2.45, 2.75) is 0 Å². The van der Waals surface area contributed by atoms with Gasteiger partial charge in [-0.1, -0.05) is 0 Å². The average molecular weight is 246 g/mol. The fourth-order valence-corrected chi connectivity index (χ4v) is 1.88. The van der Waals surface area contributed by atoms with E-state index in [0.717, 1.165) is 17.5 Å². The van der Waals surface area contributed by atoms with Crippen LogP contribution < -0.4 is 9.47 Å². The minimum atomic E-state index is 0.546. The van der Waals surface area contributed by atoms with Gasteiger partial charge in [-0.2, -0.15) is 5.10 Å². The highest BCUT2D eigenvalue weighted by molar-refractivity contribution is 5.86. The molecule has 1 heterocycles. The van der Waals surface area contributed by atoms with Crippen LogP contribution in [0.1, 0.15) is 10.4 Å². The zero-order valence-corrected chi connectivity index (χ0v) is 10.5. The van der Waals surface area contributed by atoms with Gasteiger partial charge in [0, 0.05) is 12.6 Å². The molecule has 94 valence electrons. The first-order valence-electron chi connectivity index (χ1n) is 5.40. The SMILES string of the molecule is COc1ccc(-c2c(C=O)cnn2C)cc1OC. The Labute approximate surface area is 105 Å². The molecule has 0 aliphatic heterocycles. The number of hydrogen-bond donors (Lipinski definition) is 0. The second-order valence-corrected chi connectivity index (χ2v) is 3.76. The van der Waals surface area contributed by atoms with Crippen LogP contribution in [0.25, 0.3) is 11.3 Å². The molecule has 0 aliphatic rings. The van der Waals surface area contributed by atoms with Gasteiger partial charge in [0.1, 0.15) is 0 Å². The Kier molecular flexibility index (Phi) is 3.32. The van der Waals surface area contributed by atoms with E-state index in [-0.39, 0.29) is 0 Å². The highest BCUT2D eigenvalue weighted by atomic mass is 16.5. The summed E-state index contributed by atoms with van der Waals surface area (Å²) in [7, 11) is 4.95. The molecule has 2 rings (SSSR count). The molecule has 0 unspecified atom stereocenters. The summed E-state index contributed by atoms with van der Waals surface area (Å²) in [6.45, 7) is 0. The second-order valence-electron chi connectivity index (χ2n) is 3.76. The first-order chi connectivity index (χ1) is 8.71. The Morgan fingerprint density at radius 2 is 1.94 bits per heavy atom. The number of benzene rings is 1. The molecule has 0 aliphatic carbocycles. The van der Waals surface area contributed by atoms with Crippen LogP contribution in [0, 0.1) is 0 Å². The van der Waals surface area contributed by atoms with Crippen LogP contribution in [0.15, 0.2) is 24.4 Å². The maximum Gasteiger partial charge on any atom is 0.161 e. The molecule has 0 atom stereocenters. The average Bonchev–Trinajstić information content (AvgIpc) is 2.79. The van der Waals surface area contributed by atoms with Gasteiger partial charge in [0.2, 0.25) is 0 Å². The summed E-state index contributed by atoms with van der Waals surface area (Å²) < 4.78 is 12.1. The van der Waals surface area contributed by atoms with Gasteiger partial charge in [-0.3, -0.25) is 9.48 Å². The number of nitrogens with zero attached hydrogens (tertiary/aromatic N) is 2. The van der Waals surface area contributed by atoms with Crippen LogP contribution >= 0.6 is 0 Å². The van der Waals surface area contributed by atoms with Crippen LogP contribution in [0.3, 0.4) is 0 Å². The van der Waals surface area contributed by atoms with Crippen LogP contribution in [0.5, 0.6) is 11.5 Å². The van der Waals surface area contributed by atoms with Crippen LogP contribution in [0.4, 0.5) is 0 Å². The number of hydrogen-bond acceptors (Lipinski definition) is 4. The normalized spacial score (nSPS) is 10.2. The fourth-order valence-electron chi connectivity index (χ4n) is 1.88. The van der Waals surface area contributed by atoms with Crippen molar-refractivity contribution in [3.63, 3.8) is 0 Å². The summed E-state index contributed by atoms with van der Waals surface area (Å²) in [6, 6.07) is 5.49. The molecule has 0 saturated carbocycles. The Balaban J connectivity index is 2.57. The van der Waals surface area contributed by atoms with Crippen molar-refractivity contribution in [3.8, 4) is 22.8 Å². The molecule has 0 amide bonds. The molecule has 5 heteroatoms. The first-order valence-corrected chi connectivity index (χ1v) is 5.40. The zero-order chi connectivity index (χ0) is 13.1. The van der Waals surface area contributed by atoms with E-state index in [1.807, 2.05) is 12.1 Å². The van der Waals surface area contributed by atoms with E-state index >= 15 is 0 Å². The third-order valence-electron chi connectivity index (χ3n) is 2.75. The number of carbonyl (C=O) groups is 1. The lowest BCUT2D eigenvalue weighted by Gasteiger charge is -2.10. The van der Waals surface area contributed by atoms with E-state index in [4.69, 9.17) is 9.47 Å². The van der Waals surface area contributed by atoms with E-state index in [1.165, 1.54) is 0 Å². The van der Waals surface area contributed by atoms with Crippen LogP contribution in [-0.2, 0) is 7.05 Å². The predicted molar refractivity (Wildman–Crippen MR) is 67.1 cm³/mol. The van der Waals surface area contributed by atoms with Gasteiger partial charge in [-0.05, 0) is 18.2 Å². The molecular formula is C13H14N2O3. The first kappa shape index (κ1) is 12.2. The lowest BCUT2D eigenvalue weighted by atomic mass is 10.1. The largest absolute Gasteiger partial charge is 0.493 e. The molecule has 0 saturated heterocycles. The van der Waals surface area contributed by atoms with Crippen molar-refractivity contribution in [1.29, 1.82) is 0 Å². The summed E-state index contributed by atoms with van der Waals surface area (Å²) in [5, 5.41) is 4.08. The van der Waals surface area contributed by atoms with Gasteiger partial charge in [-0.25, -0.2) is 0 Å². The quantitative estimate of drug-likeness (QED) is 0.773. The lowest BCUT2D eigenvalue weighted by Crippen LogP contribution is -1.97. The summed E-state index contributed by atoms with van der Waals surface area (Å²) in [5.41, 5.74) is 2.16. The summed E-state index contributed by atoms with van der Waals surface area (Å²) in [6.07, 6.45) is 2.33. The smallest absolute Gasteiger partial charge is 0.161 e. The summed E-state index contributed by atoms with van der Waals surface area (Å²) >= 11 is 0. The third-order valence-corrected chi connectivity index (χ3v) is 2.75. The molecular weight excluding hydrogens is 232 g/mol. The highest BCUT2D eigenvalue weighted by Crippen LogP contribution is 2.32. The number of aromatic nitrogens is 2. The van der Waals surface area contributed by atoms with Gasteiger partial charge >= 0.3 is 0 Å². The van der Waals surface area contributed by atoms with Crippen molar-refractivity contribution < 1.29 is 14.3 Å². The molecule has 18 heavy (non-hydrogen) atoms. The van der Waals surface area contributed by atoms with Gasteiger partial charge in [0.05, 0.1) is 31.7 Å². The molecule has 0 fully saturated rings. The molecule has 0 spiro atoms.